The Morgan fingerprint density at radius 1 is 1.29 bits per heavy atom. The Hall–Kier alpha value is -2.10. The van der Waals surface area contributed by atoms with Crippen molar-refractivity contribution in [3.8, 4) is 0 Å². The van der Waals surface area contributed by atoms with Gasteiger partial charge in [-0.25, -0.2) is 0 Å². The lowest BCUT2D eigenvalue weighted by molar-refractivity contribution is 0.0921. The van der Waals surface area contributed by atoms with Gasteiger partial charge >= 0.3 is 0 Å². The molecular formula is C17H21N3O. The molecule has 3 rings (SSSR count). The van der Waals surface area contributed by atoms with Crippen molar-refractivity contribution in [2.75, 3.05) is 0 Å². The van der Waals surface area contributed by atoms with Crippen LogP contribution in [0.15, 0.2) is 36.5 Å². The highest BCUT2D eigenvalue weighted by molar-refractivity contribution is 5.92. The van der Waals surface area contributed by atoms with Gasteiger partial charge in [0.05, 0.1) is 0 Å². The highest BCUT2D eigenvalue weighted by Gasteiger charge is 2.22. The SMILES string of the molecule is CC(C)n1nccc1C(=O)N[C@@H]1CCc2ccccc2C1. The normalized spacial score (nSPS) is 17.6. The molecule has 0 bridgehead atoms. The minimum absolute atomic E-state index is 0.0226. The van der Waals surface area contributed by atoms with E-state index in [-0.39, 0.29) is 18.0 Å². The molecule has 0 unspecified atom stereocenters. The van der Waals surface area contributed by atoms with Crippen LogP contribution in [0.4, 0.5) is 0 Å². The van der Waals surface area contributed by atoms with E-state index >= 15 is 0 Å². The van der Waals surface area contributed by atoms with Gasteiger partial charge in [-0.3, -0.25) is 9.48 Å². The fraction of sp³-hybridized carbons (Fsp3) is 0.412. The van der Waals surface area contributed by atoms with Gasteiger partial charge in [0, 0.05) is 18.3 Å². The molecule has 1 aliphatic rings. The van der Waals surface area contributed by atoms with E-state index in [1.807, 2.05) is 13.8 Å². The van der Waals surface area contributed by atoms with Crippen LogP contribution in [0.25, 0.3) is 0 Å². The third-order valence-corrected chi connectivity index (χ3v) is 4.07. The van der Waals surface area contributed by atoms with Crippen molar-refractivity contribution >= 4 is 5.91 Å². The standard InChI is InChI=1S/C17H21N3O/c1-12(2)20-16(9-10-18-20)17(21)19-15-8-7-13-5-3-4-6-14(13)11-15/h3-6,9-10,12,15H,7-8,11H2,1-2H3,(H,19,21)/t15-/m1/s1. The molecule has 1 heterocycles. The maximum atomic E-state index is 12.4. The summed E-state index contributed by atoms with van der Waals surface area (Å²) in [4.78, 5) is 12.4. The lowest BCUT2D eigenvalue weighted by Crippen LogP contribution is -2.39. The van der Waals surface area contributed by atoms with E-state index in [0.717, 1.165) is 19.3 Å². The average molecular weight is 283 g/mol. The zero-order chi connectivity index (χ0) is 14.8. The van der Waals surface area contributed by atoms with Gasteiger partial charge in [-0.15, -0.1) is 0 Å². The number of aromatic nitrogens is 2. The number of nitrogens with one attached hydrogen (secondary N) is 1. The minimum atomic E-state index is -0.0226. The van der Waals surface area contributed by atoms with E-state index in [4.69, 9.17) is 0 Å². The van der Waals surface area contributed by atoms with Crippen molar-refractivity contribution in [3.05, 3.63) is 53.3 Å². The van der Waals surface area contributed by atoms with Gasteiger partial charge in [-0.2, -0.15) is 5.10 Å². The van der Waals surface area contributed by atoms with Crippen LogP contribution in [0.1, 0.15) is 47.9 Å². The summed E-state index contributed by atoms with van der Waals surface area (Å²) in [5.74, 6) is -0.0226. The number of hydrogen-bond donors (Lipinski definition) is 1. The van der Waals surface area contributed by atoms with E-state index in [9.17, 15) is 4.79 Å². The lowest BCUT2D eigenvalue weighted by Gasteiger charge is -2.25. The van der Waals surface area contributed by atoms with Gasteiger partial charge in [-0.1, -0.05) is 24.3 Å². The molecule has 0 aliphatic heterocycles. The number of amides is 1. The van der Waals surface area contributed by atoms with Crippen molar-refractivity contribution in [1.29, 1.82) is 0 Å². The first-order chi connectivity index (χ1) is 10.1. The van der Waals surface area contributed by atoms with E-state index in [1.54, 1.807) is 16.9 Å². The predicted octanol–water partition coefficient (Wildman–Crippen LogP) is 2.75. The molecular weight excluding hydrogens is 262 g/mol. The number of carbonyl (C=O) groups excluding carboxylic acids is 1. The Bertz CT molecular complexity index is 645. The van der Waals surface area contributed by atoms with Gasteiger partial charge in [0.25, 0.3) is 5.91 Å². The third kappa shape index (κ3) is 2.84. The predicted molar refractivity (Wildman–Crippen MR) is 82.3 cm³/mol. The summed E-state index contributed by atoms with van der Waals surface area (Å²) < 4.78 is 1.77. The molecule has 0 saturated carbocycles. The van der Waals surface area contributed by atoms with Crippen LogP contribution in [-0.2, 0) is 12.8 Å². The van der Waals surface area contributed by atoms with Crippen molar-refractivity contribution < 1.29 is 4.79 Å². The zero-order valence-corrected chi connectivity index (χ0v) is 12.5. The van der Waals surface area contributed by atoms with Crippen LogP contribution < -0.4 is 5.32 Å². The summed E-state index contributed by atoms with van der Waals surface area (Å²) in [6.45, 7) is 4.06. The Morgan fingerprint density at radius 2 is 2.05 bits per heavy atom. The van der Waals surface area contributed by atoms with E-state index in [0.29, 0.717) is 5.69 Å². The molecule has 1 N–H and O–H groups in total. The second kappa shape index (κ2) is 5.72. The molecule has 1 aromatic carbocycles. The zero-order valence-electron chi connectivity index (χ0n) is 12.5. The number of aryl methyl sites for hydroxylation is 1. The Balaban J connectivity index is 1.70. The van der Waals surface area contributed by atoms with Gasteiger partial charge in [0.15, 0.2) is 0 Å². The van der Waals surface area contributed by atoms with Gasteiger partial charge in [-0.05, 0) is 50.3 Å². The first kappa shape index (κ1) is 13.9. The van der Waals surface area contributed by atoms with Crippen molar-refractivity contribution in [2.45, 2.75) is 45.2 Å². The molecule has 2 aromatic rings. The molecule has 110 valence electrons. The van der Waals surface area contributed by atoms with E-state index in [2.05, 4.69) is 34.7 Å². The third-order valence-electron chi connectivity index (χ3n) is 4.07. The van der Waals surface area contributed by atoms with E-state index in [1.165, 1.54) is 11.1 Å². The fourth-order valence-corrected chi connectivity index (χ4v) is 2.99. The Labute approximate surface area is 125 Å². The highest BCUT2D eigenvalue weighted by atomic mass is 16.2. The van der Waals surface area contributed by atoms with Gasteiger partial charge < -0.3 is 5.32 Å². The molecule has 1 aromatic heterocycles. The molecule has 0 radical (unpaired) electrons. The van der Waals surface area contributed by atoms with Crippen LogP contribution in [0.2, 0.25) is 0 Å². The fourth-order valence-electron chi connectivity index (χ4n) is 2.99. The molecule has 4 nitrogen and oxygen atoms in total. The smallest absolute Gasteiger partial charge is 0.269 e. The van der Waals surface area contributed by atoms with Gasteiger partial charge in [0.2, 0.25) is 0 Å². The largest absolute Gasteiger partial charge is 0.348 e. The Kier molecular flexibility index (Phi) is 3.78. The number of benzene rings is 1. The van der Waals surface area contributed by atoms with Crippen molar-refractivity contribution in [1.82, 2.24) is 15.1 Å². The summed E-state index contributed by atoms with van der Waals surface area (Å²) in [5, 5.41) is 7.38. The maximum Gasteiger partial charge on any atom is 0.269 e. The quantitative estimate of drug-likeness (QED) is 0.941. The summed E-state index contributed by atoms with van der Waals surface area (Å²) in [6, 6.07) is 10.7. The van der Waals surface area contributed by atoms with Crippen LogP contribution in [0.5, 0.6) is 0 Å². The van der Waals surface area contributed by atoms with Crippen molar-refractivity contribution in [3.63, 3.8) is 0 Å². The molecule has 0 spiro atoms. The summed E-state index contributed by atoms with van der Waals surface area (Å²) in [7, 11) is 0. The molecule has 21 heavy (non-hydrogen) atoms. The minimum Gasteiger partial charge on any atom is -0.348 e. The monoisotopic (exact) mass is 283 g/mol. The summed E-state index contributed by atoms with van der Waals surface area (Å²) in [5.41, 5.74) is 3.41. The summed E-state index contributed by atoms with van der Waals surface area (Å²) in [6.07, 6.45) is 4.63. The van der Waals surface area contributed by atoms with Crippen molar-refractivity contribution in [2.24, 2.45) is 0 Å². The topological polar surface area (TPSA) is 46.9 Å². The van der Waals surface area contributed by atoms with E-state index < -0.39 is 0 Å². The van der Waals surface area contributed by atoms with Gasteiger partial charge in [0.1, 0.15) is 5.69 Å². The lowest BCUT2D eigenvalue weighted by atomic mass is 9.88. The summed E-state index contributed by atoms with van der Waals surface area (Å²) >= 11 is 0. The second-order valence-corrected chi connectivity index (χ2v) is 5.94. The molecule has 1 amide bonds. The first-order valence-corrected chi connectivity index (χ1v) is 7.56. The molecule has 0 fully saturated rings. The van der Waals surface area contributed by atoms with Crippen LogP contribution in [0.3, 0.4) is 0 Å². The highest BCUT2D eigenvalue weighted by Crippen LogP contribution is 2.21. The number of hydrogen-bond acceptors (Lipinski definition) is 2. The number of nitrogens with zero attached hydrogens (tertiary/aromatic N) is 2. The van der Waals surface area contributed by atoms with Crippen LogP contribution in [0, 0.1) is 0 Å². The second-order valence-electron chi connectivity index (χ2n) is 5.94. The van der Waals surface area contributed by atoms with Crippen LogP contribution in [-0.4, -0.2) is 21.7 Å². The number of carbonyl (C=O) groups is 1. The number of rotatable bonds is 3. The van der Waals surface area contributed by atoms with Crippen LogP contribution >= 0.6 is 0 Å². The molecule has 0 saturated heterocycles. The Morgan fingerprint density at radius 3 is 2.81 bits per heavy atom. The number of fused-ring (bicyclic) bond motifs is 1. The maximum absolute atomic E-state index is 12.4. The molecule has 1 atom stereocenters. The molecule has 1 aliphatic carbocycles. The average Bonchev–Trinajstić information content (AvgIpc) is 2.97. The molecule has 4 heteroatoms. The first-order valence-electron chi connectivity index (χ1n) is 7.56.